The average molecular weight is 406 g/mol. The summed E-state index contributed by atoms with van der Waals surface area (Å²) in [7, 11) is 0. The smallest absolute Gasteiger partial charge is 0.170 e. The van der Waals surface area contributed by atoms with Gasteiger partial charge in [-0.15, -0.1) is 0 Å². The molecule has 1 aliphatic rings. The summed E-state index contributed by atoms with van der Waals surface area (Å²) >= 11 is 11.6. The van der Waals surface area contributed by atoms with Crippen LogP contribution in [0, 0.1) is 6.92 Å². The van der Waals surface area contributed by atoms with Crippen molar-refractivity contribution >= 4 is 34.6 Å². The van der Waals surface area contributed by atoms with Crippen molar-refractivity contribution in [2.24, 2.45) is 0 Å². The number of anilines is 1. The molecule has 144 valence electrons. The molecule has 1 aliphatic heterocycles. The third kappa shape index (κ3) is 6.36. The lowest BCUT2D eigenvalue weighted by Gasteiger charge is -2.26. The van der Waals surface area contributed by atoms with Gasteiger partial charge in [-0.1, -0.05) is 23.7 Å². The maximum Gasteiger partial charge on any atom is 0.170 e. The zero-order chi connectivity index (χ0) is 19.1. The maximum atomic E-state index is 6.16. The van der Waals surface area contributed by atoms with Crippen molar-refractivity contribution in [3.63, 3.8) is 0 Å². The fourth-order valence-corrected chi connectivity index (χ4v) is 3.20. The van der Waals surface area contributed by atoms with Gasteiger partial charge in [0, 0.05) is 31.2 Å². The molecule has 2 N–H and O–H groups in total. The number of benzene rings is 2. The second-order valence-electron chi connectivity index (χ2n) is 6.39. The summed E-state index contributed by atoms with van der Waals surface area (Å²) in [6, 6.07) is 13.3. The van der Waals surface area contributed by atoms with Gasteiger partial charge >= 0.3 is 0 Å². The standard InChI is InChI=1S/C20H24ClN3O2S/c1-15-3-2-4-17(13-15)26-19-6-5-16(21)14-18(19)23-20(27)22-7-8-24-9-11-25-12-10-24/h2-6,13-14H,7-12H2,1H3,(H2,22,23,27). The first kappa shape index (κ1) is 19.9. The summed E-state index contributed by atoms with van der Waals surface area (Å²) in [5.74, 6) is 1.44. The Morgan fingerprint density at radius 3 is 2.81 bits per heavy atom. The molecule has 1 fully saturated rings. The quantitative estimate of drug-likeness (QED) is 0.707. The Hall–Kier alpha value is -1.86. The first-order valence-electron chi connectivity index (χ1n) is 8.99. The van der Waals surface area contributed by atoms with Gasteiger partial charge in [0.25, 0.3) is 0 Å². The lowest BCUT2D eigenvalue weighted by atomic mass is 10.2. The fourth-order valence-electron chi connectivity index (χ4n) is 2.81. The molecule has 0 saturated carbocycles. The molecule has 5 nitrogen and oxygen atoms in total. The lowest BCUT2D eigenvalue weighted by molar-refractivity contribution is 0.0389. The van der Waals surface area contributed by atoms with Crippen LogP contribution in [0.1, 0.15) is 5.56 Å². The van der Waals surface area contributed by atoms with Gasteiger partial charge < -0.3 is 20.1 Å². The maximum absolute atomic E-state index is 6.16. The number of hydrogen-bond acceptors (Lipinski definition) is 4. The number of ether oxygens (including phenoxy) is 2. The number of halogens is 1. The minimum absolute atomic E-state index is 0.541. The highest BCUT2D eigenvalue weighted by Gasteiger charge is 2.11. The number of morpholine rings is 1. The van der Waals surface area contributed by atoms with Crippen LogP contribution in [0.4, 0.5) is 5.69 Å². The van der Waals surface area contributed by atoms with Crippen molar-refractivity contribution in [1.82, 2.24) is 10.2 Å². The summed E-state index contributed by atoms with van der Waals surface area (Å²) < 4.78 is 11.4. The van der Waals surface area contributed by atoms with E-state index in [2.05, 4.69) is 15.5 Å². The second kappa shape index (κ2) is 9.90. The van der Waals surface area contributed by atoms with Crippen molar-refractivity contribution in [3.05, 3.63) is 53.1 Å². The molecule has 0 amide bonds. The average Bonchev–Trinajstić information content (AvgIpc) is 2.65. The molecular weight excluding hydrogens is 382 g/mol. The molecular formula is C20H24ClN3O2S. The van der Waals surface area contributed by atoms with Crippen molar-refractivity contribution in [2.45, 2.75) is 6.92 Å². The van der Waals surface area contributed by atoms with Gasteiger partial charge in [0.1, 0.15) is 5.75 Å². The highest BCUT2D eigenvalue weighted by atomic mass is 35.5. The molecule has 3 rings (SSSR count). The summed E-state index contributed by atoms with van der Waals surface area (Å²) in [6.45, 7) is 7.24. The molecule has 0 aromatic heterocycles. The highest BCUT2D eigenvalue weighted by Crippen LogP contribution is 2.32. The topological polar surface area (TPSA) is 45.8 Å². The van der Waals surface area contributed by atoms with Crippen molar-refractivity contribution in [2.75, 3.05) is 44.7 Å². The van der Waals surface area contributed by atoms with Crippen LogP contribution in [0.25, 0.3) is 0 Å². The van der Waals surface area contributed by atoms with Crippen LogP contribution in [-0.2, 0) is 4.74 Å². The first-order chi connectivity index (χ1) is 13.1. The number of nitrogens with zero attached hydrogens (tertiary/aromatic N) is 1. The van der Waals surface area contributed by atoms with E-state index in [0.717, 1.165) is 56.4 Å². The third-order valence-corrected chi connectivity index (χ3v) is 4.71. The molecule has 0 atom stereocenters. The summed E-state index contributed by atoms with van der Waals surface area (Å²) in [5, 5.41) is 7.59. The van der Waals surface area contributed by atoms with Crippen LogP contribution in [-0.4, -0.2) is 49.4 Å². The zero-order valence-corrected chi connectivity index (χ0v) is 16.9. The Morgan fingerprint density at radius 1 is 1.22 bits per heavy atom. The monoisotopic (exact) mass is 405 g/mol. The summed E-state index contributed by atoms with van der Waals surface area (Å²) in [6.07, 6.45) is 0. The fraction of sp³-hybridized carbons (Fsp3) is 0.350. The molecule has 2 aromatic rings. The minimum atomic E-state index is 0.541. The number of nitrogens with one attached hydrogen (secondary N) is 2. The predicted octanol–water partition coefficient (Wildman–Crippen LogP) is 4.06. The molecule has 1 heterocycles. The third-order valence-electron chi connectivity index (χ3n) is 4.22. The number of rotatable bonds is 6. The van der Waals surface area contributed by atoms with Crippen LogP contribution in [0.3, 0.4) is 0 Å². The van der Waals surface area contributed by atoms with E-state index < -0.39 is 0 Å². The van der Waals surface area contributed by atoms with Gasteiger partial charge in [-0.05, 0) is 55.0 Å². The minimum Gasteiger partial charge on any atom is -0.455 e. The molecule has 2 aromatic carbocycles. The van der Waals surface area contributed by atoms with E-state index in [1.807, 2.05) is 43.3 Å². The van der Waals surface area contributed by atoms with E-state index in [4.69, 9.17) is 33.3 Å². The lowest BCUT2D eigenvalue weighted by Crippen LogP contribution is -2.42. The Balaban J connectivity index is 1.58. The van der Waals surface area contributed by atoms with E-state index in [9.17, 15) is 0 Å². The molecule has 0 unspecified atom stereocenters. The number of aryl methyl sites for hydroxylation is 1. The van der Waals surface area contributed by atoms with Gasteiger partial charge in [-0.3, -0.25) is 4.90 Å². The molecule has 27 heavy (non-hydrogen) atoms. The van der Waals surface area contributed by atoms with Gasteiger partial charge in [0.15, 0.2) is 10.9 Å². The van der Waals surface area contributed by atoms with Crippen molar-refractivity contribution < 1.29 is 9.47 Å². The molecule has 0 bridgehead atoms. The van der Waals surface area contributed by atoms with Crippen LogP contribution in [0.5, 0.6) is 11.5 Å². The molecule has 0 radical (unpaired) electrons. The number of hydrogen-bond donors (Lipinski definition) is 2. The SMILES string of the molecule is Cc1cccc(Oc2ccc(Cl)cc2NC(=S)NCCN2CCOCC2)c1. The summed E-state index contributed by atoms with van der Waals surface area (Å²) in [4.78, 5) is 2.35. The Bertz CT molecular complexity index is 782. The predicted molar refractivity (Wildman–Crippen MR) is 114 cm³/mol. The van der Waals surface area contributed by atoms with E-state index in [-0.39, 0.29) is 0 Å². The molecule has 1 saturated heterocycles. The Labute approximate surface area is 170 Å². The van der Waals surface area contributed by atoms with Crippen molar-refractivity contribution in [3.8, 4) is 11.5 Å². The zero-order valence-electron chi connectivity index (χ0n) is 15.3. The van der Waals surface area contributed by atoms with Crippen LogP contribution in [0.15, 0.2) is 42.5 Å². The van der Waals surface area contributed by atoms with Gasteiger partial charge in [0.05, 0.1) is 18.9 Å². The van der Waals surface area contributed by atoms with Crippen molar-refractivity contribution in [1.29, 1.82) is 0 Å². The van der Waals surface area contributed by atoms with E-state index in [0.29, 0.717) is 15.9 Å². The van der Waals surface area contributed by atoms with Gasteiger partial charge in [0.2, 0.25) is 0 Å². The van der Waals surface area contributed by atoms with Gasteiger partial charge in [-0.2, -0.15) is 0 Å². The molecule has 0 aliphatic carbocycles. The number of thiocarbonyl (C=S) groups is 1. The van der Waals surface area contributed by atoms with E-state index in [1.165, 1.54) is 0 Å². The Morgan fingerprint density at radius 2 is 2.04 bits per heavy atom. The van der Waals surface area contributed by atoms with E-state index >= 15 is 0 Å². The molecule has 0 spiro atoms. The van der Waals surface area contributed by atoms with E-state index in [1.54, 1.807) is 6.07 Å². The largest absolute Gasteiger partial charge is 0.455 e. The molecule has 7 heteroatoms. The van der Waals surface area contributed by atoms with Crippen LogP contribution >= 0.6 is 23.8 Å². The van der Waals surface area contributed by atoms with Gasteiger partial charge in [-0.25, -0.2) is 0 Å². The normalized spacial score (nSPS) is 14.6. The Kier molecular flexibility index (Phi) is 7.29. The highest BCUT2D eigenvalue weighted by molar-refractivity contribution is 7.80. The first-order valence-corrected chi connectivity index (χ1v) is 9.78. The van der Waals surface area contributed by atoms with Crippen LogP contribution < -0.4 is 15.4 Å². The second-order valence-corrected chi connectivity index (χ2v) is 7.24. The summed E-state index contributed by atoms with van der Waals surface area (Å²) in [5.41, 5.74) is 1.86. The van der Waals surface area contributed by atoms with Crippen LogP contribution in [0.2, 0.25) is 5.02 Å².